The Labute approximate surface area is 195 Å². The summed E-state index contributed by atoms with van der Waals surface area (Å²) in [5, 5.41) is 3.47. The van der Waals surface area contributed by atoms with Gasteiger partial charge < -0.3 is 10.3 Å². The highest BCUT2D eigenvalue weighted by molar-refractivity contribution is 5.83. The Morgan fingerprint density at radius 1 is 0.853 bits per heavy atom. The van der Waals surface area contributed by atoms with E-state index in [1.54, 1.807) is 25.1 Å². The SMILES string of the molecule is Cc1nc2ccc(-c3c(F)c(F)c(-c4cccc(CNC5CCCCC5)c4)c(F)c3F)cc2[nH]1. The average molecular weight is 468 g/mol. The van der Waals surface area contributed by atoms with Gasteiger partial charge in [0, 0.05) is 12.6 Å². The molecule has 4 aromatic rings. The predicted octanol–water partition coefficient (Wildman–Crippen LogP) is 7.18. The van der Waals surface area contributed by atoms with Crippen LogP contribution in [0, 0.1) is 30.2 Å². The van der Waals surface area contributed by atoms with E-state index in [0.717, 1.165) is 18.4 Å². The number of nitrogens with zero attached hydrogens (tertiary/aromatic N) is 1. The van der Waals surface area contributed by atoms with E-state index in [1.165, 1.54) is 37.5 Å². The van der Waals surface area contributed by atoms with Crippen LogP contribution >= 0.6 is 0 Å². The summed E-state index contributed by atoms with van der Waals surface area (Å²) < 4.78 is 60.7. The van der Waals surface area contributed by atoms with Crippen molar-refractivity contribution >= 4 is 11.0 Å². The van der Waals surface area contributed by atoms with Crippen LogP contribution in [-0.2, 0) is 6.54 Å². The van der Waals surface area contributed by atoms with Crippen LogP contribution < -0.4 is 5.32 Å². The van der Waals surface area contributed by atoms with Crippen molar-refractivity contribution in [2.45, 2.75) is 51.6 Å². The van der Waals surface area contributed by atoms with Gasteiger partial charge in [-0.1, -0.05) is 43.5 Å². The van der Waals surface area contributed by atoms with Crippen molar-refractivity contribution < 1.29 is 17.6 Å². The summed E-state index contributed by atoms with van der Waals surface area (Å²) >= 11 is 0. The third-order valence-corrected chi connectivity index (χ3v) is 6.57. The second kappa shape index (κ2) is 9.22. The standard InChI is InChI=1S/C27H25F4N3/c1-15-33-20-11-10-18(13-21(20)34-15)23-26(30)24(28)22(25(29)27(23)31)17-7-5-6-16(12-17)14-32-19-8-3-2-4-9-19/h5-7,10-13,19,32H,2-4,8-9,14H2,1H3,(H,33,34). The van der Waals surface area contributed by atoms with Gasteiger partial charge >= 0.3 is 0 Å². The van der Waals surface area contributed by atoms with E-state index < -0.39 is 34.4 Å². The largest absolute Gasteiger partial charge is 0.342 e. The lowest BCUT2D eigenvalue weighted by molar-refractivity contribution is 0.372. The number of imidazole rings is 1. The van der Waals surface area contributed by atoms with Crippen molar-refractivity contribution in [2.75, 3.05) is 0 Å². The molecule has 0 amide bonds. The van der Waals surface area contributed by atoms with Crippen LogP contribution in [0.1, 0.15) is 43.5 Å². The van der Waals surface area contributed by atoms with E-state index in [-0.39, 0.29) is 11.1 Å². The lowest BCUT2D eigenvalue weighted by Crippen LogP contribution is -2.30. The number of aryl methyl sites for hydroxylation is 1. The van der Waals surface area contributed by atoms with E-state index in [0.29, 0.717) is 29.4 Å². The molecule has 34 heavy (non-hydrogen) atoms. The minimum absolute atomic E-state index is 0.0286. The molecule has 3 nitrogen and oxygen atoms in total. The lowest BCUT2D eigenvalue weighted by atomic mass is 9.94. The fourth-order valence-corrected chi connectivity index (χ4v) is 4.84. The van der Waals surface area contributed by atoms with E-state index in [9.17, 15) is 0 Å². The molecular weight excluding hydrogens is 442 g/mol. The highest BCUT2D eigenvalue weighted by Gasteiger charge is 2.27. The fourth-order valence-electron chi connectivity index (χ4n) is 4.84. The third kappa shape index (κ3) is 4.20. The number of fused-ring (bicyclic) bond motifs is 1. The topological polar surface area (TPSA) is 40.7 Å². The van der Waals surface area contributed by atoms with Crippen LogP contribution in [0.25, 0.3) is 33.3 Å². The number of rotatable bonds is 5. The maximum absolute atomic E-state index is 15.2. The molecule has 1 aliphatic carbocycles. The first kappa shape index (κ1) is 22.6. The summed E-state index contributed by atoms with van der Waals surface area (Å²) in [5.74, 6) is -5.04. The van der Waals surface area contributed by atoms with E-state index in [2.05, 4.69) is 15.3 Å². The monoisotopic (exact) mass is 467 g/mol. The maximum Gasteiger partial charge on any atom is 0.170 e. The molecule has 5 rings (SSSR count). The summed E-state index contributed by atoms with van der Waals surface area (Å²) in [6.45, 7) is 2.27. The number of aromatic amines is 1. The zero-order chi connectivity index (χ0) is 23.8. The Bertz CT molecular complexity index is 1330. The van der Waals surface area contributed by atoms with Gasteiger partial charge in [-0.2, -0.15) is 0 Å². The molecule has 0 aliphatic heterocycles. The Kier molecular flexibility index (Phi) is 6.13. The molecule has 1 aliphatic rings. The first-order valence-corrected chi connectivity index (χ1v) is 11.6. The Morgan fingerprint density at radius 2 is 1.50 bits per heavy atom. The molecule has 1 aromatic heterocycles. The minimum Gasteiger partial charge on any atom is -0.342 e. The smallest absolute Gasteiger partial charge is 0.170 e. The van der Waals surface area contributed by atoms with Crippen LogP contribution in [-0.4, -0.2) is 16.0 Å². The number of halogens is 4. The molecular formula is C27H25F4N3. The number of aromatic nitrogens is 2. The van der Waals surface area contributed by atoms with Gasteiger partial charge in [-0.3, -0.25) is 0 Å². The van der Waals surface area contributed by atoms with Gasteiger partial charge in [0.2, 0.25) is 0 Å². The molecule has 1 saturated carbocycles. The molecule has 176 valence electrons. The van der Waals surface area contributed by atoms with Crippen molar-refractivity contribution in [3.8, 4) is 22.3 Å². The number of hydrogen-bond acceptors (Lipinski definition) is 2. The number of benzene rings is 3. The van der Waals surface area contributed by atoms with Gasteiger partial charge in [-0.05, 0) is 54.7 Å². The zero-order valence-corrected chi connectivity index (χ0v) is 18.8. The number of nitrogens with one attached hydrogen (secondary N) is 2. The van der Waals surface area contributed by atoms with Crippen molar-refractivity contribution in [1.29, 1.82) is 0 Å². The Balaban J connectivity index is 1.50. The predicted molar refractivity (Wildman–Crippen MR) is 125 cm³/mol. The van der Waals surface area contributed by atoms with E-state index in [1.807, 2.05) is 6.07 Å². The van der Waals surface area contributed by atoms with Crippen molar-refractivity contribution in [1.82, 2.24) is 15.3 Å². The van der Waals surface area contributed by atoms with E-state index in [4.69, 9.17) is 0 Å². The molecule has 0 unspecified atom stereocenters. The van der Waals surface area contributed by atoms with Gasteiger partial charge in [0.05, 0.1) is 22.2 Å². The van der Waals surface area contributed by atoms with Crippen LogP contribution in [0.15, 0.2) is 42.5 Å². The molecule has 0 saturated heterocycles. The Hall–Kier alpha value is -3.19. The lowest BCUT2D eigenvalue weighted by Gasteiger charge is -2.23. The van der Waals surface area contributed by atoms with Crippen molar-refractivity contribution in [3.05, 3.63) is 77.1 Å². The molecule has 1 heterocycles. The van der Waals surface area contributed by atoms with Gasteiger partial charge in [0.1, 0.15) is 5.82 Å². The third-order valence-electron chi connectivity index (χ3n) is 6.57. The zero-order valence-electron chi connectivity index (χ0n) is 18.8. The van der Waals surface area contributed by atoms with Crippen LogP contribution in [0.5, 0.6) is 0 Å². The molecule has 2 N–H and O–H groups in total. The summed E-state index contributed by atoms with van der Waals surface area (Å²) in [4.78, 5) is 7.20. The maximum atomic E-state index is 15.2. The van der Waals surface area contributed by atoms with Crippen LogP contribution in [0.4, 0.5) is 17.6 Å². The first-order chi connectivity index (χ1) is 16.4. The Morgan fingerprint density at radius 3 is 2.18 bits per heavy atom. The van der Waals surface area contributed by atoms with Crippen LogP contribution in [0.3, 0.4) is 0 Å². The van der Waals surface area contributed by atoms with Gasteiger partial charge in [-0.15, -0.1) is 0 Å². The summed E-state index contributed by atoms with van der Waals surface area (Å²) in [5.41, 5.74) is 0.615. The van der Waals surface area contributed by atoms with Gasteiger partial charge in [-0.25, -0.2) is 22.5 Å². The molecule has 1 fully saturated rings. The van der Waals surface area contributed by atoms with Crippen molar-refractivity contribution in [2.24, 2.45) is 0 Å². The molecule has 3 aromatic carbocycles. The molecule has 0 radical (unpaired) electrons. The molecule has 7 heteroatoms. The number of hydrogen-bond donors (Lipinski definition) is 2. The number of H-pyrrole nitrogens is 1. The molecule has 0 bridgehead atoms. The normalized spacial score (nSPS) is 14.7. The first-order valence-electron chi connectivity index (χ1n) is 11.6. The van der Waals surface area contributed by atoms with Crippen LogP contribution in [0.2, 0.25) is 0 Å². The summed E-state index contributed by atoms with van der Waals surface area (Å²) in [7, 11) is 0. The fraction of sp³-hybridized carbons (Fsp3) is 0.296. The van der Waals surface area contributed by atoms with Crippen molar-refractivity contribution in [3.63, 3.8) is 0 Å². The quantitative estimate of drug-likeness (QED) is 0.241. The van der Waals surface area contributed by atoms with Gasteiger partial charge in [0.15, 0.2) is 23.3 Å². The minimum atomic E-state index is -1.42. The highest BCUT2D eigenvalue weighted by Crippen LogP contribution is 2.37. The van der Waals surface area contributed by atoms with E-state index >= 15 is 17.6 Å². The average Bonchev–Trinajstić information content (AvgIpc) is 3.22. The second-order valence-corrected chi connectivity index (χ2v) is 8.98. The molecule has 0 spiro atoms. The summed E-state index contributed by atoms with van der Waals surface area (Å²) in [6.07, 6.45) is 5.82. The summed E-state index contributed by atoms with van der Waals surface area (Å²) in [6, 6.07) is 11.3. The highest BCUT2D eigenvalue weighted by atomic mass is 19.2. The molecule has 0 atom stereocenters. The second-order valence-electron chi connectivity index (χ2n) is 8.98. The van der Waals surface area contributed by atoms with Gasteiger partial charge in [0.25, 0.3) is 0 Å².